The lowest BCUT2D eigenvalue weighted by molar-refractivity contribution is -0.143. The summed E-state index contributed by atoms with van der Waals surface area (Å²) in [5.74, 6) is -3.27. The third-order valence-corrected chi connectivity index (χ3v) is 5.81. The number of amides is 3. The van der Waals surface area contributed by atoms with Gasteiger partial charge in [0.15, 0.2) is 0 Å². The lowest BCUT2D eigenvalue weighted by Gasteiger charge is -2.29. The van der Waals surface area contributed by atoms with Crippen LogP contribution < -0.4 is 16.4 Å². The number of thiol groups is 1. The van der Waals surface area contributed by atoms with Crippen molar-refractivity contribution in [3.05, 3.63) is 29.8 Å². The van der Waals surface area contributed by atoms with E-state index in [9.17, 15) is 34.5 Å². The number of nitrogens with one attached hydrogen (secondary N) is 2. The molecule has 0 saturated carbocycles. The van der Waals surface area contributed by atoms with Crippen molar-refractivity contribution in [1.29, 1.82) is 0 Å². The number of aromatic hydroxyl groups is 1. The summed E-state index contributed by atoms with van der Waals surface area (Å²) in [6.45, 7) is 1.67. The number of nitrogens with zero attached hydrogens (tertiary/aromatic N) is 1. The van der Waals surface area contributed by atoms with Crippen molar-refractivity contribution >= 4 is 36.3 Å². The molecule has 1 heterocycles. The molecule has 0 spiro atoms. The number of benzene rings is 1. The van der Waals surface area contributed by atoms with Crippen LogP contribution in [0.5, 0.6) is 5.75 Å². The second kappa shape index (κ2) is 11.9. The van der Waals surface area contributed by atoms with E-state index in [4.69, 9.17) is 5.73 Å². The number of hydrogen-bond acceptors (Lipinski definition) is 8. The average molecular weight is 483 g/mol. The maximum atomic E-state index is 13.0. The summed E-state index contributed by atoms with van der Waals surface area (Å²) in [5, 5.41) is 33.3. The second-order valence-corrected chi connectivity index (χ2v) is 8.33. The first kappa shape index (κ1) is 26.4. The van der Waals surface area contributed by atoms with Crippen molar-refractivity contribution in [3.63, 3.8) is 0 Å². The highest BCUT2D eigenvalue weighted by atomic mass is 32.1. The number of nitrogens with two attached hydrogens (primary N) is 1. The van der Waals surface area contributed by atoms with Crippen LogP contribution in [0.1, 0.15) is 25.3 Å². The zero-order valence-corrected chi connectivity index (χ0v) is 19.1. The summed E-state index contributed by atoms with van der Waals surface area (Å²) < 4.78 is 0. The standard InChI is InChI=1S/C21H30N4O7S/c1-11(26)17(22)20(30)25-8-2-3-16(25)19(29)23-14(9-12-4-6-13(27)7-5-12)18(28)24-15(10-33)21(31)32/h4-7,11,14-17,26-27,33H,2-3,8-10,22H2,1H3,(H,23,29)(H,24,28)(H,31,32). The van der Waals surface area contributed by atoms with E-state index in [1.54, 1.807) is 12.1 Å². The summed E-state index contributed by atoms with van der Waals surface area (Å²) in [5.41, 5.74) is 6.36. The summed E-state index contributed by atoms with van der Waals surface area (Å²) in [6.07, 6.45) is -0.174. The molecule has 1 aromatic carbocycles. The Hall–Kier alpha value is -2.83. The smallest absolute Gasteiger partial charge is 0.327 e. The van der Waals surface area contributed by atoms with Crippen LogP contribution in [0, 0.1) is 0 Å². The first-order valence-corrected chi connectivity index (χ1v) is 11.1. The van der Waals surface area contributed by atoms with Crippen molar-refractivity contribution < 1.29 is 34.5 Å². The van der Waals surface area contributed by atoms with Gasteiger partial charge < -0.3 is 36.6 Å². The third-order valence-electron chi connectivity index (χ3n) is 5.45. The predicted molar refractivity (Wildman–Crippen MR) is 122 cm³/mol. The highest BCUT2D eigenvalue weighted by molar-refractivity contribution is 7.80. The molecule has 1 saturated heterocycles. The van der Waals surface area contributed by atoms with E-state index in [-0.39, 0.29) is 24.5 Å². The van der Waals surface area contributed by atoms with Gasteiger partial charge in [-0.1, -0.05) is 12.1 Å². The molecule has 1 aliphatic heterocycles. The largest absolute Gasteiger partial charge is 0.508 e. The predicted octanol–water partition coefficient (Wildman–Crippen LogP) is -1.38. The van der Waals surface area contributed by atoms with E-state index in [2.05, 4.69) is 23.3 Å². The summed E-state index contributed by atoms with van der Waals surface area (Å²) in [6, 6.07) is 1.53. The number of carboxylic acid groups (broad SMARTS) is 1. The Bertz CT molecular complexity index is 865. The molecule has 11 nitrogen and oxygen atoms in total. The molecule has 1 aliphatic rings. The molecule has 1 aromatic rings. The van der Waals surface area contributed by atoms with Crippen LogP contribution in [0.25, 0.3) is 0 Å². The minimum Gasteiger partial charge on any atom is -0.508 e. The molecule has 5 atom stereocenters. The first-order chi connectivity index (χ1) is 15.5. The van der Waals surface area contributed by atoms with E-state index in [0.29, 0.717) is 18.4 Å². The lowest BCUT2D eigenvalue weighted by atomic mass is 10.0. The number of carbonyl (C=O) groups is 4. The molecule has 12 heteroatoms. The van der Waals surface area contributed by atoms with Crippen LogP contribution in [-0.4, -0.2) is 86.5 Å². The van der Waals surface area contributed by atoms with Gasteiger partial charge in [0.1, 0.15) is 29.9 Å². The Morgan fingerprint density at radius 3 is 2.36 bits per heavy atom. The maximum absolute atomic E-state index is 13.0. The molecule has 33 heavy (non-hydrogen) atoms. The summed E-state index contributed by atoms with van der Waals surface area (Å²) >= 11 is 3.93. The van der Waals surface area contributed by atoms with Crippen molar-refractivity contribution in [2.75, 3.05) is 12.3 Å². The molecule has 182 valence electrons. The Morgan fingerprint density at radius 1 is 1.18 bits per heavy atom. The Morgan fingerprint density at radius 2 is 1.82 bits per heavy atom. The minimum atomic E-state index is -1.27. The monoisotopic (exact) mass is 482 g/mol. The normalized spacial score (nSPS) is 19.3. The van der Waals surface area contributed by atoms with E-state index in [1.165, 1.54) is 24.0 Å². The number of aliphatic hydroxyl groups is 1. The minimum absolute atomic E-state index is 0.0185. The molecule has 0 bridgehead atoms. The highest BCUT2D eigenvalue weighted by Crippen LogP contribution is 2.20. The maximum Gasteiger partial charge on any atom is 0.327 e. The van der Waals surface area contributed by atoms with E-state index < -0.39 is 54.0 Å². The number of hydrogen-bond donors (Lipinski definition) is 7. The number of aliphatic hydroxyl groups excluding tert-OH is 1. The van der Waals surface area contributed by atoms with Gasteiger partial charge in [-0.3, -0.25) is 14.4 Å². The van der Waals surface area contributed by atoms with Crippen LogP contribution in [0.3, 0.4) is 0 Å². The van der Waals surface area contributed by atoms with Crippen LogP contribution in [0.4, 0.5) is 0 Å². The second-order valence-electron chi connectivity index (χ2n) is 7.97. The first-order valence-electron chi connectivity index (χ1n) is 10.5. The van der Waals surface area contributed by atoms with Gasteiger partial charge in [0.25, 0.3) is 0 Å². The van der Waals surface area contributed by atoms with Crippen molar-refractivity contribution in [3.8, 4) is 5.75 Å². The molecule has 1 fully saturated rings. The van der Waals surface area contributed by atoms with Gasteiger partial charge in [-0.25, -0.2) is 4.79 Å². The average Bonchev–Trinajstić information content (AvgIpc) is 3.27. The van der Waals surface area contributed by atoms with Crippen molar-refractivity contribution in [1.82, 2.24) is 15.5 Å². The Kier molecular flexibility index (Phi) is 9.50. The van der Waals surface area contributed by atoms with Crippen LogP contribution >= 0.6 is 12.6 Å². The van der Waals surface area contributed by atoms with Crippen LogP contribution in [-0.2, 0) is 25.6 Å². The fourth-order valence-corrected chi connectivity index (χ4v) is 3.75. The molecule has 0 aliphatic carbocycles. The topological polar surface area (TPSA) is 182 Å². The fraction of sp³-hybridized carbons (Fsp3) is 0.524. The fourth-order valence-electron chi connectivity index (χ4n) is 3.50. The molecule has 7 N–H and O–H groups in total. The Balaban J connectivity index is 2.20. The number of phenolic OH excluding ortho intramolecular Hbond substituents is 1. The third kappa shape index (κ3) is 7.07. The van der Waals surface area contributed by atoms with Crippen LogP contribution in [0.2, 0.25) is 0 Å². The SMILES string of the molecule is CC(O)C(N)C(=O)N1CCCC1C(=O)NC(Cc1ccc(O)cc1)C(=O)NC(CS)C(=O)O. The number of likely N-dealkylation sites (tertiary alicyclic amines) is 1. The molecular weight excluding hydrogens is 452 g/mol. The van der Waals surface area contributed by atoms with Crippen molar-refractivity contribution in [2.45, 2.75) is 56.5 Å². The number of aliphatic carboxylic acids is 1. The molecule has 3 amide bonds. The molecular formula is C21H30N4O7S. The number of rotatable bonds is 10. The zero-order valence-electron chi connectivity index (χ0n) is 18.2. The van der Waals surface area contributed by atoms with Crippen LogP contribution in [0.15, 0.2) is 24.3 Å². The Labute approximate surface area is 196 Å². The molecule has 0 aromatic heterocycles. The lowest BCUT2D eigenvalue weighted by Crippen LogP contribution is -2.58. The zero-order chi connectivity index (χ0) is 24.7. The highest BCUT2D eigenvalue weighted by Gasteiger charge is 2.38. The summed E-state index contributed by atoms with van der Waals surface area (Å²) in [4.78, 5) is 51.1. The van der Waals surface area contributed by atoms with Gasteiger partial charge in [-0.2, -0.15) is 12.6 Å². The number of carbonyl (C=O) groups excluding carboxylic acids is 3. The summed E-state index contributed by atoms with van der Waals surface area (Å²) in [7, 11) is 0. The molecule has 0 radical (unpaired) electrons. The molecule has 2 rings (SSSR count). The van der Waals surface area contributed by atoms with Gasteiger partial charge >= 0.3 is 5.97 Å². The van der Waals surface area contributed by atoms with Gasteiger partial charge in [-0.15, -0.1) is 0 Å². The molecule has 5 unspecified atom stereocenters. The van der Waals surface area contributed by atoms with Gasteiger partial charge in [0, 0.05) is 18.7 Å². The number of phenols is 1. The quantitative estimate of drug-likeness (QED) is 0.199. The van der Waals surface area contributed by atoms with Gasteiger partial charge in [-0.05, 0) is 37.5 Å². The van der Waals surface area contributed by atoms with Crippen molar-refractivity contribution in [2.24, 2.45) is 5.73 Å². The van der Waals surface area contributed by atoms with E-state index in [1.807, 2.05) is 0 Å². The van der Waals surface area contributed by atoms with Gasteiger partial charge in [0.05, 0.1) is 6.10 Å². The van der Waals surface area contributed by atoms with Gasteiger partial charge in [0.2, 0.25) is 17.7 Å². The number of carboxylic acids is 1. The van der Waals surface area contributed by atoms with E-state index >= 15 is 0 Å². The van der Waals surface area contributed by atoms with E-state index in [0.717, 1.165) is 0 Å².